The molecule has 2 aromatic carbocycles. The van der Waals surface area contributed by atoms with Gasteiger partial charge in [0, 0.05) is 64.9 Å². The Kier molecular flexibility index (Phi) is 31.5. The highest BCUT2D eigenvalue weighted by atomic mass is 33.1. The summed E-state index contributed by atoms with van der Waals surface area (Å²) in [6.07, 6.45) is -1.00. The number of phosphoric ester groups is 1. The van der Waals surface area contributed by atoms with Gasteiger partial charge in [-0.15, -0.1) is 0 Å². The third-order valence-corrected chi connectivity index (χ3v) is 24.0. The minimum Gasteiger partial charge on any atom is -0.478 e. The number of hydroxylamine groups is 1. The lowest BCUT2D eigenvalue weighted by molar-refractivity contribution is -0.0543. The normalized spacial score (nSPS) is 16.4. The molecular formula is C53H71N8O29P3S6. The largest absolute Gasteiger partial charge is 0.490 e. The number of carbonyl (C=O) groups excluding carboxylic acids is 2. The lowest BCUT2D eigenvalue weighted by atomic mass is 9.89. The number of ether oxygens (including phenoxy) is 6. The van der Waals surface area contributed by atoms with E-state index in [-0.39, 0.29) is 102 Å². The summed E-state index contributed by atoms with van der Waals surface area (Å²) in [6.45, 7) is 7.00. The second-order valence-electron chi connectivity index (χ2n) is 21.0. The predicted octanol–water partition coefficient (Wildman–Crippen LogP) is 5.34. The van der Waals surface area contributed by atoms with Crippen molar-refractivity contribution in [3.05, 3.63) is 81.2 Å². The van der Waals surface area contributed by atoms with Crippen LogP contribution in [0.15, 0.2) is 67.7 Å². The van der Waals surface area contributed by atoms with Crippen LogP contribution in [0.4, 0.5) is 16.3 Å². The Bertz CT molecular complexity index is 4220. The summed E-state index contributed by atoms with van der Waals surface area (Å²) in [4.78, 5) is 95.6. The van der Waals surface area contributed by atoms with Gasteiger partial charge in [-0.25, -0.2) is 33.6 Å². The van der Waals surface area contributed by atoms with Gasteiger partial charge in [-0.1, -0.05) is 61.9 Å². The molecule has 2 amide bonds. The van der Waals surface area contributed by atoms with E-state index in [1.165, 1.54) is 56.8 Å². The SMILES string of the molecule is CCSSCO[C@H]1C[C@H](n2cc(C#CCNC(=O)OCCCCOCSSC(C)(C)CCONCCOCCOCCNC(=O)c3ccc(C(=O)O)c(-c4c5ccc(=N)c(S(=O)(=O)O)c-5oc5c(S(=O)(=O)O)c(N)ccc45)c3)c(N)nc2=O)O[C@@H]1COP(=O)(O)OP(=O)(O)OP(=O)(O)O. The van der Waals surface area contributed by atoms with E-state index in [1.54, 1.807) is 10.8 Å². The predicted molar refractivity (Wildman–Crippen MR) is 360 cm³/mol. The molecule has 6 rings (SSSR count). The van der Waals surface area contributed by atoms with Gasteiger partial charge in [0.25, 0.3) is 26.1 Å². The van der Waals surface area contributed by atoms with Gasteiger partial charge in [-0.3, -0.25) is 28.4 Å². The number of phosphoric acid groups is 3. The number of alkyl carbamates (subject to hydrolysis) is 1. The molecule has 2 unspecified atom stereocenters. The van der Waals surface area contributed by atoms with Crippen LogP contribution in [-0.2, 0) is 80.3 Å². The maximum absolute atomic E-state index is 13.4. The second-order valence-corrected chi connectivity index (χ2v) is 33.7. The molecule has 1 fully saturated rings. The van der Waals surface area contributed by atoms with Crippen molar-refractivity contribution in [1.29, 1.82) is 5.41 Å². The average molecular weight is 1570 g/mol. The molecule has 46 heteroatoms. The topological polar surface area (TPSA) is 565 Å². The molecule has 3 heterocycles. The summed E-state index contributed by atoms with van der Waals surface area (Å²) in [5.41, 5.74) is 11.4. The number of carboxylic acids is 1. The van der Waals surface area contributed by atoms with E-state index >= 15 is 0 Å². The Morgan fingerprint density at radius 2 is 1.55 bits per heavy atom. The lowest BCUT2D eigenvalue weighted by Gasteiger charge is -2.22. The fourth-order valence-electron chi connectivity index (χ4n) is 8.87. The van der Waals surface area contributed by atoms with Crippen molar-refractivity contribution in [3.63, 3.8) is 0 Å². The molecule has 0 spiro atoms. The Morgan fingerprint density at radius 3 is 2.23 bits per heavy atom. The number of unbranched alkanes of at least 4 members (excludes halogenated alkanes) is 1. The Balaban J connectivity index is 0.812. The summed E-state index contributed by atoms with van der Waals surface area (Å²) in [7, 11) is -21.5. The molecule has 3 aliphatic rings. The molecule has 37 nitrogen and oxygen atoms in total. The van der Waals surface area contributed by atoms with Crippen molar-refractivity contribution in [2.24, 2.45) is 0 Å². The van der Waals surface area contributed by atoms with Gasteiger partial charge in [0.05, 0.1) is 81.1 Å². The zero-order valence-corrected chi connectivity index (χ0v) is 60.1. The van der Waals surface area contributed by atoms with Gasteiger partial charge in [-0.05, 0) is 81.1 Å². The Morgan fingerprint density at radius 1 is 0.838 bits per heavy atom. The van der Waals surface area contributed by atoms with Gasteiger partial charge in [0.2, 0.25) is 0 Å². The van der Waals surface area contributed by atoms with Crippen LogP contribution in [-0.4, -0.2) is 185 Å². The number of rotatable bonds is 41. The molecule has 0 saturated carbocycles. The van der Waals surface area contributed by atoms with E-state index < -0.39 is 130 Å². The number of aromatic nitrogens is 2. The molecule has 15 N–H and O–H groups in total. The van der Waals surface area contributed by atoms with Crippen molar-refractivity contribution in [2.45, 2.75) is 79.4 Å². The van der Waals surface area contributed by atoms with E-state index in [0.717, 1.165) is 34.6 Å². The van der Waals surface area contributed by atoms with Crippen LogP contribution >= 0.6 is 66.6 Å². The first-order valence-electron chi connectivity index (χ1n) is 29.0. The summed E-state index contributed by atoms with van der Waals surface area (Å²) < 4.78 is 158. The first kappa shape index (κ1) is 82.7. The third kappa shape index (κ3) is 26.2. The number of aromatic carboxylic acids is 1. The molecule has 3 aromatic rings. The van der Waals surface area contributed by atoms with Gasteiger partial charge in [0.1, 0.15) is 30.0 Å². The number of nitrogens with zero attached hydrogens (tertiary/aromatic N) is 2. The number of anilines is 2. The van der Waals surface area contributed by atoms with Gasteiger partial charge < -0.3 is 84.5 Å². The van der Waals surface area contributed by atoms with Gasteiger partial charge in [-0.2, -0.15) is 30.4 Å². The smallest absolute Gasteiger partial charge is 0.478 e. The molecular weight excluding hydrogens is 1500 g/mol. The van der Waals surface area contributed by atoms with Crippen LogP contribution in [0.2, 0.25) is 0 Å². The number of hydrogen-bond acceptors (Lipinski definition) is 31. The lowest BCUT2D eigenvalue weighted by Crippen LogP contribution is -2.29. The van der Waals surface area contributed by atoms with E-state index in [1.807, 2.05) is 6.92 Å². The van der Waals surface area contributed by atoms with Crippen LogP contribution in [0.3, 0.4) is 0 Å². The highest BCUT2D eigenvalue weighted by molar-refractivity contribution is 8.77. The first-order valence-corrected chi connectivity index (χ1v) is 41.2. The summed E-state index contributed by atoms with van der Waals surface area (Å²) in [5, 5.41) is 22.6. The number of nitrogens with two attached hydrogens (primary N) is 2. The Labute approximate surface area is 581 Å². The van der Waals surface area contributed by atoms with Crippen LogP contribution in [0.1, 0.15) is 79.0 Å². The zero-order valence-electron chi connectivity index (χ0n) is 52.5. The number of carboxylic acid groups (broad SMARTS) is 1. The van der Waals surface area contributed by atoms with E-state index in [4.69, 9.17) is 68.9 Å². The van der Waals surface area contributed by atoms with Crippen molar-refractivity contribution in [3.8, 4) is 34.3 Å². The molecule has 1 aromatic heterocycles. The minimum absolute atomic E-state index is 0.00260. The van der Waals surface area contributed by atoms with Crippen molar-refractivity contribution < 1.29 is 130 Å². The first-order chi connectivity index (χ1) is 46.5. The molecule has 0 radical (unpaired) electrons. The van der Waals surface area contributed by atoms with Crippen LogP contribution in [0, 0.1) is 17.3 Å². The zero-order chi connectivity index (χ0) is 72.9. The molecule has 548 valence electrons. The van der Waals surface area contributed by atoms with E-state index in [2.05, 4.69) is 55.4 Å². The summed E-state index contributed by atoms with van der Waals surface area (Å²) in [5.74, 6) is 3.42. The number of fused-ring (bicyclic) bond motifs is 2. The minimum atomic E-state index is -5.79. The standard InChI is InChI=1S/C53H71N8O29P3S6/c1-4-94-95-31-84-40-27-42(87-41(40)29-86-92(70,71)90-93(72,73)89-91(67,68)69)61-28-33(48(56)60-51(61)65)8-7-16-58-52(66)83-20-6-5-19-82-30-96-97-53(2,3)15-21-85-59-18-23-81-25-24-80-22-17-57-49(62)32-9-10-34(50(63)64)37(26-32)43-35-11-13-38(54)46(98(74,75)76)44(35)88-45-36(43)12-14-39(55)47(45)99(77,78)79/h9-14,26,28,40-42,54,59H,4-6,15-25,27,29-31,55H2,1-3H3,(H,57,62)(H,58,66)(H,63,64)(H,70,71)(H,72,73)(H2,56,60,65)(H2,67,68,69)(H,74,75,76)(H,77,78,79)/t40-,41+,42+/m0/s1. The maximum atomic E-state index is 13.4. The average Bonchev–Trinajstić information content (AvgIpc) is 1.11. The second kappa shape index (κ2) is 37.8. The highest BCUT2D eigenvalue weighted by Crippen LogP contribution is 2.66. The molecule has 99 heavy (non-hydrogen) atoms. The monoisotopic (exact) mass is 1570 g/mol. The number of carbonyl (C=O) groups is 3. The van der Waals surface area contributed by atoms with E-state index in [9.17, 15) is 73.7 Å². The van der Waals surface area contributed by atoms with Crippen molar-refractivity contribution in [2.75, 3.05) is 102 Å². The number of nitrogen functional groups attached to an aromatic ring is 2. The van der Waals surface area contributed by atoms with Crippen LogP contribution in [0.25, 0.3) is 33.4 Å². The fraction of sp³-hybridized carbons (Fsp3) is 0.472. The maximum Gasteiger partial charge on any atom is 0.490 e. The Hall–Kier alpha value is -5.27. The summed E-state index contributed by atoms with van der Waals surface area (Å²) >= 11 is 0. The number of amides is 2. The molecule has 1 saturated heterocycles. The highest BCUT2D eigenvalue weighted by Gasteiger charge is 2.44. The van der Waals surface area contributed by atoms with Crippen LogP contribution in [0.5, 0.6) is 0 Å². The summed E-state index contributed by atoms with van der Waals surface area (Å²) in [6, 6.07) is 7.92. The molecule has 1 aliphatic carbocycles. The van der Waals surface area contributed by atoms with Gasteiger partial charge in [0.15, 0.2) is 21.1 Å². The molecule has 0 bridgehead atoms. The number of hydrogen-bond donors (Lipinski definition) is 13. The number of nitrogens with one attached hydrogen (secondary N) is 4. The van der Waals surface area contributed by atoms with Crippen molar-refractivity contribution in [1.82, 2.24) is 25.7 Å². The van der Waals surface area contributed by atoms with Gasteiger partial charge >= 0.3 is 41.2 Å². The third-order valence-electron chi connectivity index (χ3n) is 13.2. The van der Waals surface area contributed by atoms with Crippen molar-refractivity contribution >= 4 is 127 Å². The van der Waals surface area contributed by atoms with E-state index in [0.29, 0.717) is 45.0 Å². The fourth-order valence-corrected chi connectivity index (χ4v) is 17.0. The van der Waals surface area contributed by atoms with Crippen LogP contribution < -0.4 is 38.6 Å². The number of benzene rings is 3. The molecule has 5 atom stereocenters. The quantitative estimate of drug-likeness (QED) is 0.00270. The molecule has 2 aliphatic heterocycles.